The van der Waals surface area contributed by atoms with Gasteiger partial charge in [0.2, 0.25) is 0 Å². The van der Waals surface area contributed by atoms with Crippen LogP contribution in [0.2, 0.25) is 0 Å². The maximum Gasteiger partial charge on any atom is 0.311 e. The smallest absolute Gasteiger partial charge is 0.311 e. The van der Waals surface area contributed by atoms with Gasteiger partial charge in [-0.2, -0.15) is 0 Å². The number of nitrogens with zero attached hydrogens (tertiary/aromatic N) is 1. The zero-order valence-corrected chi connectivity index (χ0v) is 16.0. The van der Waals surface area contributed by atoms with Crippen molar-refractivity contribution in [3.05, 3.63) is 29.8 Å². The van der Waals surface area contributed by atoms with Crippen LogP contribution in [0, 0.1) is 17.3 Å². The zero-order chi connectivity index (χ0) is 17.9. The molecule has 4 fully saturated rings. The summed E-state index contributed by atoms with van der Waals surface area (Å²) in [4.78, 5) is 13.0. The third kappa shape index (κ3) is 1.24. The number of esters is 1. The molecule has 4 nitrogen and oxygen atoms in total. The number of nitrogens with one attached hydrogen (secondary N) is 1. The lowest BCUT2D eigenvalue weighted by Gasteiger charge is -2.54. The van der Waals surface area contributed by atoms with Crippen LogP contribution in [0.4, 0.5) is 5.69 Å². The van der Waals surface area contributed by atoms with Gasteiger partial charge in [-0.25, -0.2) is 0 Å². The summed E-state index contributed by atoms with van der Waals surface area (Å²) in [5.41, 5.74) is 2.92. The van der Waals surface area contributed by atoms with Gasteiger partial charge in [0, 0.05) is 17.5 Å². The summed E-state index contributed by atoms with van der Waals surface area (Å²) in [5, 5.41) is 3.99. The molecule has 3 spiro atoms. The number of anilines is 1. The molecule has 2 saturated carbocycles. The van der Waals surface area contributed by atoms with E-state index in [1.54, 1.807) is 7.11 Å². The van der Waals surface area contributed by atoms with Crippen molar-refractivity contribution >= 4 is 11.7 Å². The van der Waals surface area contributed by atoms with Gasteiger partial charge in [0.25, 0.3) is 0 Å². The summed E-state index contributed by atoms with van der Waals surface area (Å²) in [7, 11) is 4.06. The van der Waals surface area contributed by atoms with E-state index in [0.717, 1.165) is 6.42 Å². The average molecular weight is 353 g/mol. The lowest BCUT2D eigenvalue weighted by atomic mass is 9.56. The third-order valence-electron chi connectivity index (χ3n) is 9.62. The van der Waals surface area contributed by atoms with Crippen molar-refractivity contribution in [2.24, 2.45) is 17.3 Å². The van der Waals surface area contributed by atoms with Gasteiger partial charge in [0.15, 0.2) is 0 Å². The minimum atomic E-state index is -0.172. The minimum absolute atomic E-state index is 0.00136. The average Bonchev–Trinajstić information content (AvgIpc) is 3.27. The number of fused-ring (bicyclic) bond motifs is 1. The molecule has 0 amide bonds. The Bertz CT molecular complexity index is 839. The molecule has 3 heterocycles. The first-order valence-electron chi connectivity index (χ1n) is 10.3. The SMILES string of the molecule is COC(=O)[C@@H]1C[C@]23CCC[N@+]4(C)CC[C@]5(c6ccccc6N[C@@]15[C@@H]2C)[C@@H]34. The molecule has 2 bridgehead atoms. The fourth-order valence-electron chi connectivity index (χ4n) is 9.19. The summed E-state index contributed by atoms with van der Waals surface area (Å²) in [6.07, 6.45) is 4.76. The topological polar surface area (TPSA) is 38.3 Å². The highest BCUT2D eigenvalue weighted by molar-refractivity contribution is 5.82. The van der Waals surface area contributed by atoms with E-state index < -0.39 is 0 Å². The molecule has 0 aromatic heterocycles. The van der Waals surface area contributed by atoms with Crippen LogP contribution in [0.1, 0.15) is 38.2 Å². The number of ether oxygens (including phenoxy) is 1. The Morgan fingerprint density at radius 3 is 2.88 bits per heavy atom. The highest BCUT2D eigenvalue weighted by atomic mass is 16.5. The molecule has 1 aromatic rings. The Balaban J connectivity index is 1.69. The lowest BCUT2D eigenvalue weighted by Crippen LogP contribution is -2.67. The van der Waals surface area contributed by atoms with Crippen LogP contribution >= 0.6 is 0 Å². The first-order valence-corrected chi connectivity index (χ1v) is 10.3. The van der Waals surface area contributed by atoms with Crippen LogP contribution < -0.4 is 5.32 Å². The molecular formula is C22H29N2O2+. The fraction of sp³-hybridized carbons (Fsp3) is 0.682. The Kier molecular flexibility index (Phi) is 2.56. The first kappa shape index (κ1) is 15.5. The van der Waals surface area contributed by atoms with Gasteiger partial charge in [-0.3, -0.25) is 4.79 Å². The summed E-state index contributed by atoms with van der Waals surface area (Å²) < 4.78 is 6.56. The number of benzene rings is 1. The van der Waals surface area contributed by atoms with Gasteiger partial charge in [0.05, 0.1) is 44.1 Å². The number of piperidine rings is 1. The van der Waals surface area contributed by atoms with Crippen molar-refractivity contribution in [3.8, 4) is 0 Å². The fourth-order valence-corrected chi connectivity index (χ4v) is 9.19. The molecule has 1 N–H and O–H groups in total. The van der Waals surface area contributed by atoms with E-state index in [1.807, 2.05) is 0 Å². The first-order chi connectivity index (χ1) is 12.5. The lowest BCUT2D eigenvalue weighted by molar-refractivity contribution is -0.936. The van der Waals surface area contributed by atoms with E-state index in [4.69, 9.17) is 4.74 Å². The van der Waals surface area contributed by atoms with Gasteiger partial charge < -0.3 is 14.5 Å². The third-order valence-corrected chi connectivity index (χ3v) is 9.62. The molecule has 0 radical (unpaired) electrons. The zero-order valence-electron chi connectivity index (χ0n) is 16.0. The predicted octanol–water partition coefficient (Wildman–Crippen LogP) is 2.93. The van der Waals surface area contributed by atoms with Crippen molar-refractivity contribution in [2.75, 3.05) is 32.6 Å². The number of quaternary nitrogens is 1. The van der Waals surface area contributed by atoms with Crippen molar-refractivity contribution in [2.45, 2.75) is 49.6 Å². The van der Waals surface area contributed by atoms with Crippen LogP contribution in [-0.2, 0) is 14.9 Å². The van der Waals surface area contributed by atoms with Crippen molar-refractivity contribution in [3.63, 3.8) is 0 Å². The van der Waals surface area contributed by atoms with Crippen LogP contribution in [-0.4, -0.2) is 49.3 Å². The monoisotopic (exact) mass is 353 g/mol. The highest BCUT2D eigenvalue weighted by Gasteiger charge is 2.89. The molecule has 2 saturated heterocycles. The second-order valence-corrected chi connectivity index (χ2v) is 9.93. The van der Waals surface area contributed by atoms with Crippen molar-refractivity contribution in [1.82, 2.24) is 0 Å². The van der Waals surface area contributed by atoms with Gasteiger partial charge in [-0.15, -0.1) is 0 Å². The summed E-state index contributed by atoms with van der Waals surface area (Å²) in [6.45, 7) is 4.98. The highest BCUT2D eigenvalue weighted by Crippen LogP contribution is 2.80. The van der Waals surface area contributed by atoms with E-state index in [0.29, 0.717) is 12.0 Å². The standard InChI is InChI=1S/C22H29N2O2/c1-14-20-9-6-11-24(2)12-10-21(19(20)24)15-7-4-5-8-17(15)23-22(14,21)16(13-20)18(25)26-3/h4-5,7-8,14,16,19,23H,6,9-13H2,1-3H3/q+1/t14-,16+,19-,20-,21+,22+,24-/m1/s1. The minimum Gasteiger partial charge on any atom is -0.469 e. The van der Waals surface area contributed by atoms with Crippen molar-refractivity contribution < 1.29 is 14.0 Å². The molecule has 4 heteroatoms. The molecule has 1 aromatic carbocycles. The number of hydrogen-bond acceptors (Lipinski definition) is 3. The maximum absolute atomic E-state index is 13.0. The van der Waals surface area contributed by atoms with Crippen molar-refractivity contribution in [1.29, 1.82) is 0 Å². The number of hydrogen-bond donors (Lipinski definition) is 1. The van der Waals surface area contributed by atoms with Gasteiger partial charge in [0.1, 0.15) is 6.04 Å². The Hall–Kier alpha value is -1.55. The van der Waals surface area contributed by atoms with Gasteiger partial charge >= 0.3 is 5.97 Å². The number of para-hydroxylation sites is 1. The van der Waals surface area contributed by atoms with Gasteiger partial charge in [-0.1, -0.05) is 25.1 Å². The van der Waals surface area contributed by atoms with Crippen LogP contribution in [0.3, 0.4) is 0 Å². The van der Waals surface area contributed by atoms with Gasteiger partial charge in [-0.05, 0) is 36.8 Å². The molecule has 2 aliphatic carbocycles. The molecule has 0 unspecified atom stereocenters. The summed E-state index contributed by atoms with van der Waals surface area (Å²) >= 11 is 0. The summed E-state index contributed by atoms with van der Waals surface area (Å²) in [6, 6.07) is 9.52. The summed E-state index contributed by atoms with van der Waals surface area (Å²) in [5.74, 6) is 0.462. The van der Waals surface area contributed by atoms with Crippen LogP contribution in [0.5, 0.6) is 0 Å². The molecule has 6 rings (SSSR count). The van der Waals surface area contributed by atoms with E-state index in [-0.39, 0.29) is 28.3 Å². The Morgan fingerprint density at radius 1 is 1.27 bits per heavy atom. The number of rotatable bonds is 1. The van der Waals surface area contributed by atoms with Crippen LogP contribution in [0.15, 0.2) is 24.3 Å². The molecular weight excluding hydrogens is 324 g/mol. The number of carbonyl (C=O) groups is 1. The molecule has 138 valence electrons. The van der Waals surface area contributed by atoms with E-state index in [9.17, 15) is 4.79 Å². The molecule has 26 heavy (non-hydrogen) atoms. The Morgan fingerprint density at radius 2 is 2.08 bits per heavy atom. The second kappa shape index (κ2) is 4.30. The maximum atomic E-state index is 13.0. The van der Waals surface area contributed by atoms with E-state index >= 15 is 0 Å². The molecule has 3 aliphatic heterocycles. The molecule has 7 atom stereocenters. The Labute approximate surface area is 155 Å². The second-order valence-electron chi connectivity index (χ2n) is 9.93. The number of likely N-dealkylation sites (N-methyl/N-ethyl adjacent to an activating group) is 1. The van der Waals surface area contributed by atoms with E-state index in [2.05, 4.69) is 43.6 Å². The number of carbonyl (C=O) groups excluding carboxylic acids is 1. The van der Waals surface area contributed by atoms with E-state index in [1.165, 1.54) is 48.1 Å². The van der Waals surface area contributed by atoms with Crippen LogP contribution in [0.25, 0.3) is 0 Å². The quantitative estimate of drug-likeness (QED) is 0.623. The normalized spacial score (nSPS) is 52.2. The number of methoxy groups -OCH3 is 1. The largest absolute Gasteiger partial charge is 0.469 e. The predicted molar refractivity (Wildman–Crippen MR) is 99.8 cm³/mol. The molecule has 5 aliphatic rings.